The number of hydrogen-bond acceptors (Lipinski definition) is 8. The van der Waals surface area contributed by atoms with Crippen LogP contribution in [0.5, 0.6) is 11.6 Å². The molecule has 0 saturated carbocycles. The molecule has 2 N–H and O–H groups in total. The lowest BCUT2D eigenvalue weighted by atomic mass is 10.1. The number of amides is 2. The van der Waals surface area contributed by atoms with Crippen molar-refractivity contribution in [3.05, 3.63) is 41.1 Å². The van der Waals surface area contributed by atoms with Gasteiger partial charge in [-0.3, -0.25) is 9.59 Å². The minimum Gasteiger partial charge on any atom is -0.491 e. The van der Waals surface area contributed by atoms with E-state index in [4.69, 9.17) is 18.9 Å². The van der Waals surface area contributed by atoms with Gasteiger partial charge in [0.1, 0.15) is 13.2 Å². The average Bonchev–Trinajstić information content (AvgIpc) is 2.86. The highest BCUT2D eigenvalue weighted by molar-refractivity contribution is 5.94. The van der Waals surface area contributed by atoms with Crippen LogP contribution in [-0.2, 0) is 14.3 Å². The predicted octanol–water partition coefficient (Wildman–Crippen LogP) is 4.35. The maximum absolute atomic E-state index is 12.3. The van der Waals surface area contributed by atoms with Crippen molar-refractivity contribution in [2.45, 2.75) is 59.8 Å². The fourth-order valence-corrected chi connectivity index (χ4v) is 2.89. The number of aromatic nitrogens is 1. The summed E-state index contributed by atoms with van der Waals surface area (Å²) in [6.45, 7) is 9.68. The Kier molecular flexibility index (Phi) is 16.1. The molecule has 0 unspecified atom stereocenters. The molecule has 1 aromatic heterocycles. The van der Waals surface area contributed by atoms with Crippen molar-refractivity contribution in [2.75, 3.05) is 40.0 Å². The SMILES string of the molecule is CCCCOCCCNC(=O)c1cnc(OC(=O)NCC(=O)OC/C=C(\C)CCC=C(C)C)c(OC)c1. The van der Waals surface area contributed by atoms with E-state index in [0.717, 1.165) is 37.9 Å². The van der Waals surface area contributed by atoms with Gasteiger partial charge in [0, 0.05) is 32.0 Å². The second kappa shape index (κ2) is 18.8. The van der Waals surface area contributed by atoms with E-state index in [1.165, 1.54) is 24.9 Å². The molecule has 0 radical (unpaired) electrons. The van der Waals surface area contributed by atoms with Crippen molar-refractivity contribution >= 4 is 18.0 Å². The Hall–Kier alpha value is -3.40. The molecule has 1 heterocycles. The Morgan fingerprint density at radius 3 is 2.51 bits per heavy atom. The Balaban J connectivity index is 2.42. The summed E-state index contributed by atoms with van der Waals surface area (Å²) >= 11 is 0. The highest BCUT2D eigenvalue weighted by atomic mass is 16.6. The molecule has 0 aliphatic carbocycles. The monoisotopic (exact) mass is 519 g/mol. The van der Waals surface area contributed by atoms with Gasteiger partial charge in [-0.1, -0.05) is 30.6 Å². The molecule has 0 fully saturated rings. The summed E-state index contributed by atoms with van der Waals surface area (Å²) in [6.07, 6.45) is 8.96. The van der Waals surface area contributed by atoms with E-state index < -0.39 is 12.1 Å². The number of esters is 1. The normalized spacial score (nSPS) is 10.9. The highest BCUT2D eigenvalue weighted by Gasteiger charge is 2.16. The van der Waals surface area contributed by atoms with Crippen LogP contribution in [0, 0.1) is 0 Å². The number of carbonyl (C=O) groups is 3. The molecule has 0 aromatic carbocycles. The second-order valence-electron chi connectivity index (χ2n) is 8.60. The quantitative estimate of drug-likeness (QED) is 0.177. The fraction of sp³-hybridized carbons (Fsp3) is 0.556. The molecule has 0 aliphatic rings. The van der Waals surface area contributed by atoms with E-state index in [-0.39, 0.29) is 36.3 Å². The van der Waals surface area contributed by atoms with Crippen LogP contribution in [0.15, 0.2) is 35.6 Å². The van der Waals surface area contributed by atoms with Gasteiger partial charge in [-0.15, -0.1) is 0 Å². The topological polar surface area (TPSA) is 125 Å². The van der Waals surface area contributed by atoms with Crippen LogP contribution in [0.2, 0.25) is 0 Å². The molecule has 0 aliphatic heterocycles. The number of allylic oxidation sites excluding steroid dienone is 3. The number of methoxy groups -OCH3 is 1. The summed E-state index contributed by atoms with van der Waals surface area (Å²) in [5.41, 5.74) is 2.63. The van der Waals surface area contributed by atoms with E-state index in [2.05, 4.69) is 28.6 Å². The van der Waals surface area contributed by atoms with Crippen LogP contribution < -0.4 is 20.1 Å². The lowest BCUT2D eigenvalue weighted by Gasteiger charge is -2.11. The molecule has 0 spiro atoms. The summed E-state index contributed by atoms with van der Waals surface area (Å²) < 4.78 is 20.9. The summed E-state index contributed by atoms with van der Waals surface area (Å²) in [6, 6.07) is 1.42. The summed E-state index contributed by atoms with van der Waals surface area (Å²) in [4.78, 5) is 40.3. The Morgan fingerprint density at radius 1 is 1.05 bits per heavy atom. The minimum absolute atomic E-state index is 0.0991. The van der Waals surface area contributed by atoms with E-state index in [9.17, 15) is 14.4 Å². The highest BCUT2D eigenvalue weighted by Crippen LogP contribution is 2.25. The van der Waals surface area contributed by atoms with E-state index in [0.29, 0.717) is 19.6 Å². The largest absolute Gasteiger partial charge is 0.491 e. The first-order chi connectivity index (χ1) is 17.8. The van der Waals surface area contributed by atoms with Crippen LogP contribution >= 0.6 is 0 Å². The molecule has 10 heteroatoms. The summed E-state index contributed by atoms with van der Waals surface area (Å²) in [7, 11) is 1.36. The third kappa shape index (κ3) is 14.7. The molecular weight excluding hydrogens is 478 g/mol. The summed E-state index contributed by atoms with van der Waals surface area (Å²) in [5, 5.41) is 5.09. The van der Waals surface area contributed by atoms with Crippen molar-refractivity contribution in [3.63, 3.8) is 0 Å². The maximum atomic E-state index is 12.3. The Labute approximate surface area is 219 Å². The van der Waals surface area contributed by atoms with Gasteiger partial charge >= 0.3 is 12.1 Å². The molecule has 37 heavy (non-hydrogen) atoms. The maximum Gasteiger partial charge on any atom is 0.414 e. The molecule has 10 nitrogen and oxygen atoms in total. The van der Waals surface area contributed by atoms with Crippen molar-refractivity contribution in [2.24, 2.45) is 0 Å². The zero-order valence-electron chi connectivity index (χ0n) is 22.7. The van der Waals surface area contributed by atoms with Crippen molar-refractivity contribution in [1.82, 2.24) is 15.6 Å². The van der Waals surface area contributed by atoms with Crippen molar-refractivity contribution in [1.29, 1.82) is 0 Å². The fourth-order valence-electron chi connectivity index (χ4n) is 2.89. The lowest BCUT2D eigenvalue weighted by molar-refractivity contribution is -0.141. The van der Waals surface area contributed by atoms with Gasteiger partial charge in [-0.05, 0) is 52.5 Å². The summed E-state index contributed by atoms with van der Waals surface area (Å²) in [5.74, 6) is -0.974. The molecule has 0 saturated heterocycles. The smallest absolute Gasteiger partial charge is 0.414 e. The number of ether oxygens (including phenoxy) is 4. The lowest BCUT2D eigenvalue weighted by Crippen LogP contribution is -2.33. The number of nitrogens with one attached hydrogen (secondary N) is 2. The zero-order chi connectivity index (χ0) is 27.5. The Morgan fingerprint density at radius 2 is 1.81 bits per heavy atom. The van der Waals surface area contributed by atoms with E-state index in [1.807, 2.05) is 26.8 Å². The van der Waals surface area contributed by atoms with Gasteiger partial charge < -0.3 is 29.6 Å². The van der Waals surface area contributed by atoms with Gasteiger partial charge in [0.05, 0.1) is 12.7 Å². The van der Waals surface area contributed by atoms with Crippen LogP contribution in [-0.4, -0.2) is 63.0 Å². The standard InChI is InChI=1S/C27H41N3O7/c1-6-7-14-35-15-9-13-28-25(32)22-17-23(34-5)26(29-18-22)37-27(33)30-19-24(31)36-16-12-21(4)11-8-10-20(2)3/h10,12,17-18H,6-9,11,13-16,19H2,1-5H3,(H,28,32)(H,30,33)/b21-12+. The molecule has 0 atom stereocenters. The van der Waals surface area contributed by atoms with Gasteiger partial charge in [0.2, 0.25) is 0 Å². The average molecular weight is 520 g/mol. The number of hydrogen-bond donors (Lipinski definition) is 2. The van der Waals surface area contributed by atoms with Gasteiger partial charge in [-0.25, -0.2) is 9.78 Å². The first kappa shape index (κ1) is 31.6. The molecular formula is C27H41N3O7. The molecule has 0 bridgehead atoms. The van der Waals surface area contributed by atoms with Crippen LogP contribution in [0.3, 0.4) is 0 Å². The molecule has 2 amide bonds. The van der Waals surface area contributed by atoms with Crippen LogP contribution in [0.25, 0.3) is 0 Å². The minimum atomic E-state index is -0.906. The number of nitrogens with zero attached hydrogens (tertiary/aromatic N) is 1. The third-order valence-corrected chi connectivity index (χ3v) is 5.03. The van der Waals surface area contributed by atoms with Crippen LogP contribution in [0.4, 0.5) is 4.79 Å². The van der Waals surface area contributed by atoms with E-state index >= 15 is 0 Å². The number of pyridine rings is 1. The predicted molar refractivity (Wildman–Crippen MR) is 141 cm³/mol. The van der Waals surface area contributed by atoms with Crippen molar-refractivity contribution < 1.29 is 33.3 Å². The van der Waals surface area contributed by atoms with Gasteiger partial charge in [-0.2, -0.15) is 0 Å². The molecule has 1 aromatic rings. The van der Waals surface area contributed by atoms with Crippen LogP contribution in [0.1, 0.15) is 70.2 Å². The first-order valence-corrected chi connectivity index (χ1v) is 12.6. The Bertz CT molecular complexity index is 925. The third-order valence-electron chi connectivity index (χ3n) is 5.03. The van der Waals surface area contributed by atoms with Gasteiger partial charge in [0.25, 0.3) is 11.8 Å². The number of rotatable bonds is 17. The van der Waals surface area contributed by atoms with Crippen molar-refractivity contribution in [3.8, 4) is 11.6 Å². The number of carbonyl (C=O) groups excluding carboxylic acids is 3. The first-order valence-electron chi connectivity index (χ1n) is 12.6. The molecule has 1 rings (SSSR count). The zero-order valence-corrected chi connectivity index (χ0v) is 22.7. The molecule has 206 valence electrons. The second-order valence-corrected chi connectivity index (χ2v) is 8.60. The number of unbranched alkanes of at least 4 members (excludes halogenated alkanes) is 1. The van der Waals surface area contributed by atoms with Gasteiger partial charge in [0.15, 0.2) is 5.75 Å². The van der Waals surface area contributed by atoms with E-state index in [1.54, 1.807) is 0 Å².